The van der Waals surface area contributed by atoms with Crippen LogP contribution in [0.4, 0.5) is 4.39 Å². The van der Waals surface area contributed by atoms with E-state index in [4.69, 9.17) is 10.8 Å². The Morgan fingerprint density at radius 2 is 1.82 bits per heavy atom. The second-order valence-corrected chi connectivity index (χ2v) is 3.89. The van der Waals surface area contributed by atoms with Crippen LogP contribution >= 0.6 is 0 Å². The second-order valence-electron chi connectivity index (χ2n) is 3.89. The van der Waals surface area contributed by atoms with Crippen LogP contribution < -0.4 is 5.73 Å². The predicted molar refractivity (Wildman–Crippen MR) is 65.9 cm³/mol. The molecule has 0 aromatic heterocycles. The Morgan fingerprint density at radius 3 is 2.47 bits per heavy atom. The molecule has 0 radical (unpaired) electrons. The minimum absolute atomic E-state index is 0.153. The lowest BCUT2D eigenvalue weighted by Gasteiger charge is -2.11. The van der Waals surface area contributed by atoms with E-state index < -0.39 is 6.04 Å². The zero-order chi connectivity index (χ0) is 12.3. The molecule has 0 spiro atoms. The van der Waals surface area contributed by atoms with Gasteiger partial charge in [-0.2, -0.15) is 0 Å². The van der Waals surface area contributed by atoms with Gasteiger partial charge in [-0.3, -0.25) is 0 Å². The van der Waals surface area contributed by atoms with Crippen molar-refractivity contribution in [3.8, 4) is 11.1 Å². The van der Waals surface area contributed by atoms with Gasteiger partial charge in [-0.05, 0) is 23.3 Å². The number of rotatable bonds is 3. The monoisotopic (exact) mass is 231 g/mol. The number of nitrogens with two attached hydrogens (primary N) is 1. The number of benzene rings is 2. The number of halogens is 1. The molecule has 3 heteroatoms. The van der Waals surface area contributed by atoms with E-state index in [1.54, 1.807) is 12.1 Å². The molecule has 2 rings (SSSR count). The summed E-state index contributed by atoms with van der Waals surface area (Å²) in [6, 6.07) is 13.5. The maximum atomic E-state index is 13.7. The lowest BCUT2D eigenvalue weighted by atomic mass is 9.99. The molecule has 0 heterocycles. The van der Waals surface area contributed by atoms with Gasteiger partial charge in [-0.25, -0.2) is 4.39 Å². The third kappa shape index (κ3) is 2.52. The highest BCUT2D eigenvalue weighted by atomic mass is 19.1. The highest BCUT2D eigenvalue weighted by Gasteiger charge is 2.09. The van der Waals surface area contributed by atoms with E-state index in [1.165, 1.54) is 6.07 Å². The zero-order valence-corrected chi connectivity index (χ0v) is 9.31. The van der Waals surface area contributed by atoms with Crippen molar-refractivity contribution in [3.05, 3.63) is 59.9 Å². The number of hydrogen-bond acceptors (Lipinski definition) is 2. The van der Waals surface area contributed by atoms with Crippen molar-refractivity contribution in [3.63, 3.8) is 0 Å². The summed E-state index contributed by atoms with van der Waals surface area (Å²) in [5.74, 6) is -0.287. The third-order valence-corrected chi connectivity index (χ3v) is 2.70. The quantitative estimate of drug-likeness (QED) is 0.852. The molecule has 0 fully saturated rings. The molecule has 2 aromatic carbocycles. The van der Waals surface area contributed by atoms with Gasteiger partial charge in [0.15, 0.2) is 0 Å². The van der Waals surface area contributed by atoms with E-state index >= 15 is 0 Å². The van der Waals surface area contributed by atoms with Crippen molar-refractivity contribution in [2.75, 3.05) is 6.61 Å². The third-order valence-electron chi connectivity index (χ3n) is 2.70. The Labute approximate surface area is 99.5 Å². The molecule has 0 aliphatic rings. The molecule has 0 bridgehead atoms. The van der Waals surface area contributed by atoms with E-state index in [0.717, 1.165) is 11.1 Å². The summed E-state index contributed by atoms with van der Waals surface area (Å²) in [4.78, 5) is 0. The average Bonchev–Trinajstić information content (AvgIpc) is 2.39. The van der Waals surface area contributed by atoms with Gasteiger partial charge in [0.2, 0.25) is 0 Å². The van der Waals surface area contributed by atoms with Crippen molar-refractivity contribution >= 4 is 0 Å². The number of hydrogen-bond donors (Lipinski definition) is 2. The lowest BCUT2D eigenvalue weighted by Crippen LogP contribution is -2.14. The van der Waals surface area contributed by atoms with Crippen LogP contribution in [0.5, 0.6) is 0 Å². The summed E-state index contributed by atoms with van der Waals surface area (Å²) < 4.78 is 13.7. The molecule has 17 heavy (non-hydrogen) atoms. The predicted octanol–water partition coefficient (Wildman–Crippen LogP) is 2.48. The van der Waals surface area contributed by atoms with Gasteiger partial charge in [0.25, 0.3) is 0 Å². The van der Waals surface area contributed by atoms with Crippen molar-refractivity contribution in [1.29, 1.82) is 0 Å². The topological polar surface area (TPSA) is 46.2 Å². The van der Waals surface area contributed by atoms with Crippen LogP contribution in [-0.2, 0) is 0 Å². The highest BCUT2D eigenvalue weighted by molar-refractivity contribution is 5.65. The van der Waals surface area contributed by atoms with Gasteiger partial charge in [0.1, 0.15) is 5.82 Å². The van der Waals surface area contributed by atoms with Crippen LogP contribution in [0.2, 0.25) is 0 Å². The van der Waals surface area contributed by atoms with Gasteiger partial charge < -0.3 is 10.8 Å². The number of aliphatic hydroxyl groups is 1. The van der Waals surface area contributed by atoms with E-state index in [-0.39, 0.29) is 12.4 Å². The fraction of sp³-hybridized carbons (Fsp3) is 0.143. The highest BCUT2D eigenvalue weighted by Crippen LogP contribution is 2.25. The fourth-order valence-electron chi connectivity index (χ4n) is 1.72. The summed E-state index contributed by atoms with van der Waals surface area (Å²) in [5, 5.41) is 9.00. The first-order chi connectivity index (χ1) is 8.22. The van der Waals surface area contributed by atoms with E-state index in [9.17, 15) is 4.39 Å². The Morgan fingerprint density at radius 1 is 1.12 bits per heavy atom. The summed E-state index contributed by atoms with van der Waals surface area (Å²) in [6.07, 6.45) is 0. The maximum Gasteiger partial charge on any atom is 0.131 e. The molecule has 3 N–H and O–H groups in total. The van der Waals surface area contributed by atoms with Gasteiger partial charge in [-0.1, -0.05) is 36.4 Å². The van der Waals surface area contributed by atoms with Crippen LogP contribution in [0.3, 0.4) is 0 Å². The van der Waals surface area contributed by atoms with Crippen LogP contribution in [0.1, 0.15) is 11.6 Å². The van der Waals surface area contributed by atoms with Crippen molar-refractivity contribution in [1.82, 2.24) is 0 Å². The van der Waals surface area contributed by atoms with Crippen LogP contribution in [0.25, 0.3) is 11.1 Å². The Kier molecular flexibility index (Phi) is 3.52. The molecular formula is C14H14FNO. The first kappa shape index (κ1) is 11.8. The molecular weight excluding hydrogens is 217 g/mol. The smallest absolute Gasteiger partial charge is 0.131 e. The van der Waals surface area contributed by atoms with Crippen LogP contribution in [0, 0.1) is 5.82 Å². The van der Waals surface area contributed by atoms with E-state index in [0.29, 0.717) is 5.56 Å². The lowest BCUT2D eigenvalue weighted by molar-refractivity contribution is 0.268. The Bertz CT molecular complexity index is 499. The zero-order valence-electron chi connectivity index (χ0n) is 9.31. The molecule has 0 amide bonds. The van der Waals surface area contributed by atoms with Gasteiger partial charge in [-0.15, -0.1) is 0 Å². The standard InChI is InChI=1S/C14H14FNO/c15-13-7-6-11(14(16)9-17)8-12(13)10-4-2-1-3-5-10/h1-8,14,17H,9,16H2. The largest absolute Gasteiger partial charge is 0.394 e. The first-order valence-corrected chi connectivity index (χ1v) is 5.43. The summed E-state index contributed by atoms with van der Waals surface area (Å²) in [6.45, 7) is -0.153. The molecule has 1 unspecified atom stereocenters. The molecule has 2 nitrogen and oxygen atoms in total. The minimum Gasteiger partial charge on any atom is -0.394 e. The van der Waals surface area contributed by atoms with E-state index in [2.05, 4.69) is 0 Å². The van der Waals surface area contributed by atoms with Crippen LogP contribution in [-0.4, -0.2) is 11.7 Å². The molecule has 0 aliphatic carbocycles. The summed E-state index contributed by atoms with van der Waals surface area (Å²) >= 11 is 0. The average molecular weight is 231 g/mol. The SMILES string of the molecule is NC(CO)c1ccc(F)c(-c2ccccc2)c1. The molecule has 0 saturated heterocycles. The van der Waals surface area contributed by atoms with Crippen molar-refractivity contribution in [2.45, 2.75) is 6.04 Å². The summed E-state index contributed by atoms with van der Waals surface area (Å²) in [7, 11) is 0. The molecule has 88 valence electrons. The van der Waals surface area contributed by atoms with Gasteiger partial charge in [0, 0.05) is 5.56 Å². The number of aliphatic hydroxyl groups excluding tert-OH is 1. The molecule has 0 saturated carbocycles. The fourth-order valence-corrected chi connectivity index (χ4v) is 1.72. The van der Waals surface area contributed by atoms with Crippen LogP contribution in [0.15, 0.2) is 48.5 Å². The Hall–Kier alpha value is -1.71. The molecule has 2 aromatic rings. The van der Waals surface area contributed by atoms with Crippen molar-refractivity contribution < 1.29 is 9.50 Å². The van der Waals surface area contributed by atoms with Gasteiger partial charge in [0.05, 0.1) is 12.6 Å². The van der Waals surface area contributed by atoms with Crippen molar-refractivity contribution in [2.24, 2.45) is 5.73 Å². The Balaban J connectivity index is 2.47. The van der Waals surface area contributed by atoms with E-state index in [1.807, 2.05) is 30.3 Å². The first-order valence-electron chi connectivity index (χ1n) is 5.43. The normalized spacial score (nSPS) is 12.4. The summed E-state index contributed by atoms with van der Waals surface area (Å²) in [5.41, 5.74) is 7.76. The second kappa shape index (κ2) is 5.08. The molecule has 1 atom stereocenters. The maximum absolute atomic E-state index is 13.7. The van der Waals surface area contributed by atoms with Gasteiger partial charge >= 0.3 is 0 Å². The minimum atomic E-state index is -0.474. The molecule has 0 aliphatic heterocycles.